The van der Waals surface area contributed by atoms with Crippen LogP contribution in [0.4, 0.5) is 0 Å². The van der Waals surface area contributed by atoms with Gasteiger partial charge >= 0.3 is 5.97 Å². The van der Waals surface area contributed by atoms with Gasteiger partial charge in [-0.3, -0.25) is 9.59 Å². The Bertz CT molecular complexity index is 1170. The predicted molar refractivity (Wildman–Crippen MR) is 171 cm³/mol. The molecule has 5 rings (SSSR count). The Morgan fingerprint density at radius 3 is 2.60 bits per heavy atom. The fourth-order valence-corrected chi connectivity index (χ4v) is 10.1. The molecule has 0 amide bonds. The van der Waals surface area contributed by atoms with Crippen molar-refractivity contribution in [2.45, 2.75) is 124 Å². The first-order valence-electron chi connectivity index (χ1n) is 17.3. The van der Waals surface area contributed by atoms with Crippen LogP contribution in [0.3, 0.4) is 0 Å². The number of rotatable bonds is 12. The maximum atomic E-state index is 12.7. The first-order valence-corrected chi connectivity index (χ1v) is 17.3. The molecular formula is C38H56O5. The molecule has 5 heteroatoms. The monoisotopic (exact) mass is 592 g/mol. The molecule has 3 saturated carbocycles. The fourth-order valence-electron chi connectivity index (χ4n) is 10.1. The standard InChI is InChI=1S/C38H56O5/c1-25(2)8-6-9-26(3)32-15-16-33-31-14-12-28-22-30(17-19-37(28,4)34(31)18-20-38(32,33)5)43-36(41)10-7-21-42-29-13-11-27(24-39)35(40)23-29/h11-13,23-26,30-34,40H,6-10,14-22H2,1-5H3/t26-,30+,31+,32-,33+,34+,37+,38-/m1/s1. The highest BCUT2D eigenvalue weighted by molar-refractivity contribution is 5.79. The molecule has 0 spiro atoms. The fraction of sp³-hybridized carbons (Fsp3) is 0.737. The van der Waals surface area contributed by atoms with Gasteiger partial charge in [0, 0.05) is 18.9 Å². The van der Waals surface area contributed by atoms with E-state index in [1.807, 2.05) is 0 Å². The molecule has 0 aromatic heterocycles. The lowest BCUT2D eigenvalue weighted by Crippen LogP contribution is -2.51. The Morgan fingerprint density at radius 2 is 1.86 bits per heavy atom. The highest BCUT2D eigenvalue weighted by Crippen LogP contribution is 2.67. The molecule has 3 fully saturated rings. The maximum absolute atomic E-state index is 12.7. The lowest BCUT2D eigenvalue weighted by molar-refractivity contribution is -0.151. The summed E-state index contributed by atoms with van der Waals surface area (Å²) >= 11 is 0. The van der Waals surface area contributed by atoms with E-state index >= 15 is 0 Å². The van der Waals surface area contributed by atoms with E-state index in [9.17, 15) is 14.7 Å². The number of carbonyl (C=O) groups excluding carboxylic acids is 2. The van der Waals surface area contributed by atoms with Crippen molar-refractivity contribution in [3.8, 4) is 11.5 Å². The second-order valence-corrected chi connectivity index (χ2v) is 15.4. The highest BCUT2D eigenvalue weighted by atomic mass is 16.5. The Hall–Kier alpha value is -2.30. The van der Waals surface area contributed by atoms with E-state index < -0.39 is 0 Å². The smallest absolute Gasteiger partial charge is 0.306 e. The van der Waals surface area contributed by atoms with Gasteiger partial charge in [0.05, 0.1) is 12.2 Å². The molecule has 1 aromatic rings. The van der Waals surface area contributed by atoms with Crippen molar-refractivity contribution in [3.05, 3.63) is 35.4 Å². The SMILES string of the molecule is CC(C)CCC[C@@H](C)[C@H]1CC[C@H]2[C@@H]3CC=C4C[C@@H](OC(=O)CCCOc5ccc(C=O)c(O)c5)CC[C@]4(C)[C@H]3CC[C@]12C. The summed E-state index contributed by atoms with van der Waals surface area (Å²) in [6, 6.07) is 4.60. The lowest BCUT2D eigenvalue weighted by atomic mass is 9.47. The van der Waals surface area contributed by atoms with Crippen LogP contribution in [0, 0.1) is 46.3 Å². The zero-order chi connectivity index (χ0) is 30.8. The van der Waals surface area contributed by atoms with Crippen LogP contribution in [0.25, 0.3) is 0 Å². The van der Waals surface area contributed by atoms with Crippen molar-refractivity contribution >= 4 is 12.3 Å². The van der Waals surface area contributed by atoms with Crippen molar-refractivity contribution in [2.24, 2.45) is 46.3 Å². The number of benzene rings is 1. The van der Waals surface area contributed by atoms with E-state index in [0.29, 0.717) is 36.9 Å². The van der Waals surface area contributed by atoms with Gasteiger partial charge in [0.1, 0.15) is 17.6 Å². The molecule has 0 aliphatic heterocycles. The lowest BCUT2D eigenvalue weighted by Gasteiger charge is -2.58. The van der Waals surface area contributed by atoms with Gasteiger partial charge in [0.2, 0.25) is 0 Å². The van der Waals surface area contributed by atoms with Gasteiger partial charge < -0.3 is 14.6 Å². The van der Waals surface area contributed by atoms with Crippen LogP contribution in [-0.2, 0) is 9.53 Å². The summed E-state index contributed by atoms with van der Waals surface area (Å²) < 4.78 is 11.6. The van der Waals surface area contributed by atoms with Gasteiger partial charge in [-0.1, -0.05) is 65.5 Å². The van der Waals surface area contributed by atoms with Crippen molar-refractivity contribution < 1.29 is 24.2 Å². The van der Waals surface area contributed by atoms with E-state index in [4.69, 9.17) is 9.47 Å². The minimum absolute atomic E-state index is 0.0199. The molecule has 4 aliphatic carbocycles. The van der Waals surface area contributed by atoms with Crippen molar-refractivity contribution in [1.82, 2.24) is 0 Å². The average molecular weight is 593 g/mol. The van der Waals surface area contributed by atoms with E-state index in [2.05, 4.69) is 40.7 Å². The van der Waals surface area contributed by atoms with Crippen LogP contribution >= 0.6 is 0 Å². The number of hydrogen-bond donors (Lipinski definition) is 1. The molecule has 1 aromatic carbocycles. The summed E-state index contributed by atoms with van der Waals surface area (Å²) in [6.45, 7) is 12.8. The second-order valence-electron chi connectivity index (χ2n) is 15.4. The summed E-state index contributed by atoms with van der Waals surface area (Å²) in [5.41, 5.74) is 2.55. The van der Waals surface area contributed by atoms with Crippen LogP contribution in [0.15, 0.2) is 29.8 Å². The van der Waals surface area contributed by atoms with Gasteiger partial charge in [-0.15, -0.1) is 0 Å². The van der Waals surface area contributed by atoms with Gasteiger partial charge in [-0.2, -0.15) is 0 Å². The molecule has 4 aliphatic rings. The van der Waals surface area contributed by atoms with E-state index in [1.165, 1.54) is 63.5 Å². The Balaban J connectivity index is 1.11. The second kappa shape index (κ2) is 13.4. The number of allylic oxidation sites excluding steroid dienone is 1. The number of hydrogen-bond acceptors (Lipinski definition) is 5. The van der Waals surface area contributed by atoms with Crippen LogP contribution < -0.4 is 4.74 Å². The Labute approximate surface area is 260 Å². The van der Waals surface area contributed by atoms with Crippen LogP contribution in [-0.4, -0.2) is 30.1 Å². The topological polar surface area (TPSA) is 72.8 Å². The normalized spacial score (nSPS) is 34.0. The summed E-state index contributed by atoms with van der Waals surface area (Å²) in [5.74, 6) is 5.23. The first-order chi connectivity index (χ1) is 20.5. The van der Waals surface area contributed by atoms with Crippen LogP contribution in [0.5, 0.6) is 11.5 Å². The van der Waals surface area contributed by atoms with E-state index in [0.717, 1.165) is 54.8 Å². The predicted octanol–water partition coefficient (Wildman–Crippen LogP) is 9.32. The number of aromatic hydroxyl groups is 1. The van der Waals surface area contributed by atoms with Crippen molar-refractivity contribution in [2.75, 3.05) is 6.61 Å². The molecule has 8 atom stereocenters. The molecule has 238 valence electrons. The average Bonchev–Trinajstić information content (AvgIpc) is 3.33. The third-order valence-corrected chi connectivity index (χ3v) is 12.5. The molecule has 43 heavy (non-hydrogen) atoms. The van der Waals surface area contributed by atoms with Crippen molar-refractivity contribution in [3.63, 3.8) is 0 Å². The summed E-state index contributed by atoms with van der Waals surface area (Å²) in [7, 11) is 0. The Kier molecular flexibility index (Phi) is 9.98. The summed E-state index contributed by atoms with van der Waals surface area (Å²) in [5, 5.41) is 9.81. The highest BCUT2D eigenvalue weighted by Gasteiger charge is 2.59. The number of carbonyl (C=O) groups is 2. The van der Waals surface area contributed by atoms with Crippen molar-refractivity contribution in [1.29, 1.82) is 0 Å². The molecule has 0 radical (unpaired) electrons. The first kappa shape index (κ1) is 32.1. The number of phenols is 1. The zero-order valence-corrected chi connectivity index (χ0v) is 27.4. The summed E-state index contributed by atoms with van der Waals surface area (Å²) in [6.07, 6.45) is 18.0. The third-order valence-electron chi connectivity index (χ3n) is 12.5. The molecular weight excluding hydrogens is 536 g/mol. The van der Waals surface area contributed by atoms with E-state index in [-0.39, 0.29) is 28.8 Å². The van der Waals surface area contributed by atoms with Gasteiger partial charge in [-0.25, -0.2) is 0 Å². The largest absolute Gasteiger partial charge is 0.507 e. The quantitative estimate of drug-likeness (QED) is 0.113. The van der Waals surface area contributed by atoms with Gasteiger partial charge in [-0.05, 0) is 110 Å². The number of phenolic OH excluding ortho intramolecular Hbond substituents is 1. The zero-order valence-electron chi connectivity index (χ0n) is 27.4. The minimum atomic E-state index is -0.154. The Morgan fingerprint density at radius 1 is 1.05 bits per heavy atom. The van der Waals surface area contributed by atoms with E-state index in [1.54, 1.807) is 11.6 Å². The molecule has 0 heterocycles. The van der Waals surface area contributed by atoms with Gasteiger partial charge in [0.15, 0.2) is 6.29 Å². The summed E-state index contributed by atoms with van der Waals surface area (Å²) in [4.78, 5) is 23.6. The minimum Gasteiger partial charge on any atom is -0.507 e. The van der Waals surface area contributed by atoms with Crippen LogP contribution in [0.1, 0.15) is 128 Å². The molecule has 0 bridgehead atoms. The van der Waals surface area contributed by atoms with Gasteiger partial charge in [0.25, 0.3) is 0 Å². The third kappa shape index (κ3) is 6.71. The molecule has 0 unspecified atom stereocenters. The molecule has 5 nitrogen and oxygen atoms in total. The molecule has 1 N–H and O–H groups in total. The number of esters is 1. The maximum Gasteiger partial charge on any atom is 0.306 e. The number of ether oxygens (including phenoxy) is 2. The number of fused-ring (bicyclic) bond motifs is 5. The number of aldehydes is 1. The van der Waals surface area contributed by atoms with Crippen LogP contribution in [0.2, 0.25) is 0 Å². The molecule has 0 saturated heterocycles.